The summed E-state index contributed by atoms with van der Waals surface area (Å²) in [6.07, 6.45) is 7.03. The normalized spacial score (nSPS) is 11.2. The molecule has 0 unspecified atom stereocenters. The monoisotopic (exact) mass is 512 g/mol. The van der Waals surface area contributed by atoms with E-state index >= 15 is 0 Å². The first-order chi connectivity index (χ1) is 13.4. The Balaban J connectivity index is 0.00000420. The van der Waals surface area contributed by atoms with E-state index in [2.05, 4.69) is 47.3 Å². The third kappa shape index (κ3) is 7.49. The number of methoxy groups -OCH3 is 1. The lowest BCUT2D eigenvalue weighted by atomic mass is 9.94. The van der Waals surface area contributed by atoms with Crippen molar-refractivity contribution in [1.29, 1.82) is 0 Å². The Morgan fingerprint density at radius 3 is 2.55 bits per heavy atom. The molecule has 0 spiro atoms. The molecule has 0 aliphatic heterocycles. The Morgan fingerprint density at radius 2 is 1.97 bits per heavy atom. The summed E-state index contributed by atoms with van der Waals surface area (Å²) in [6.45, 7) is 7.43. The Kier molecular flexibility index (Phi) is 9.81. The molecule has 0 saturated heterocycles. The highest BCUT2D eigenvalue weighted by Crippen LogP contribution is 2.28. The van der Waals surface area contributed by atoms with Gasteiger partial charge in [0.25, 0.3) is 0 Å². The standard InChI is InChI=1S/C21H28N4O3.HI/c1-7-10-27-17-11-15(8-9-16(17)26-6)12-24-20(22-5)25-14-19-23-13-18(28-19)21(2,3)4;/h1,8-9,11,13H,10,12,14H2,2-6H3,(H2,22,24,25);1H. The zero-order valence-corrected chi connectivity index (χ0v) is 19.9. The van der Waals surface area contributed by atoms with Crippen LogP contribution in [-0.2, 0) is 18.5 Å². The van der Waals surface area contributed by atoms with E-state index in [4.69, 9.17) is 20.3 Å². The number of guanidine groups is 1. The van der Waals surface area contributed by atoms with Crippen LogP contribution in [0.2, 0.25) is 0 Å². The average Bonchev–Trinajstić information content (AvgIpc) is 3.16. The maximum absolute atomic E-state index is 5.78. The second-order valence-corrected chi connectivity index (χ2v) is 7.13. The van der Waals surface area contributed by atoms with Gasteiger partial charge in [0.15, 0.2) is 17.5 Å². The highest BCUT2D eigenvalue weighted by atomic mass is 127. The van der Waals surface area contributed by atoms with E-state index in [0.717, 1.165) is 11.3 Å². The summed E-state index contributed by atoms with van der Waals surface area (Å²) in [5, 5.41) is 6.44. The number of ether oxygens (including phenoxy) is 2. The first kappa shape index (κ1) is 24.6. The number of nitrogens with zero attached hydrogens (tertiary/aromatic N) is 2. The number of aliphatic imine (C=N–C) groups is 1. The molecule has 0 atom stereocenters. The number of benzene rings is 1. The average molecular weight is 512 g/mol. The van der Waals surface area contributed by atoms with Crippen LogP contribution in [-0.4, -0.2) is 31.7 Å². The quantitative estimate of drug-likeness (QED) is 0.256. The molecule has 0 saturated carbocycles. The van der Waals surface area contributed by atoms with Crippen molar-refractivity contribution in [3.8, 4) is 23.8 Å². The number of hydrogen-bond acceptors (Lipinski definition) is 5. The number of terminal acetylenes is 1. The van der Waals surface area contributed by atoms with Crippen molar-refractivity contribution >= 4 is 29.9 Å². The number of nitrogens with one attached hydrogen (secondary N) is 2. The second-order valence-electron chi connectivity index (χ2n) is 7.13. The molecule has 0 radical (unpaired) electrons. The molecule has 2 aromatic rings. The molecule has 1 aromatic heterocycles. The lowest BCUT2D eigenvalue weighted by Gasteiger charge is -2.14. The van der Waals surface area contributed by atoms with Crippen molar-refractivity contribution in [3.63, 3.8) is 0 Å². The van der Waals surface area contributed by atoms with Crippen LogP contribution < -0.4 is 20.1 Å². The van der Waals surface area contributed by atoms with E-state index < -0.39 is 0 Å². The summed E-state index contributed by atoms with van der Waals surface area (Å²) in [5.41, 5.74) is 0.931. The fourth-order valence-electron chi connectivity index (χ4n) is 2.37. The van der Waals surface area contributed by atoms with Gasteiger partial charge in [-0.1, -0.05) is 32.8 Å². The van der Waals surface area contributed by atoms with Crippen LogP contribution in [0.5, 0.6) is 11.5 Å². The molecule has 0 aliphatic rings. The van der Waals surface area contributed by atoms with Gasteiger partial charge in [0.05, 0.1) is 19.9 Å². The molecule has 8 heteroatoms. The number of rotatable bonds is 7. The highest BCUT2D eigenvalue weighted by molar-refractivity contribution is 14.0. The van der Waals surface area contributed by atoms with Crippen LogP contribution in [0.3, 0.4) is 0 Å². The summed E-state index contributed by atoms with van der Waals surface area (Å²) in [4.78, 5) is 8.53. The van der Waals surface area contributed by atoms with Crippen LogP contribution in [0.4, 0.5) is 0 Å². The van der Waals surface area contributed by atoms with Crippen LogP contribution in [0.15, 0.2) is 33.8 Å². The van der Waals surface area contributed by atoms with Crippen LogP contribution in [0, 0.1) is 12.3 Å². The molecule has 29 heavy (non-hydrogen) atoms. The lowest BCUT2D eigenvalue weighted by molar-refractivity contribution is 0.330. The van der Waals surface area contributed by atoms with Gasteiger partial charge in [-0.2, -0.15) is 0 Å². The molecule has 158 valence electrons. The maximum Gasteiger partial charge on any atom is 0.213 e. The number of oxazole rings is 1. The third-order valence-electron chi connectivity index (χ3n) is 3.92. The SMILES string of the molecule is C#CCOc1cc(CNC(=NC)NCc2ncc(C(C)(C)C)o2)ccc1OC.I. The van der Waals surface area contributed by atoms with E-state index in [1.807, 2.05) is 18.2 Å². The molecular formula is C21H29IN4O3. The van der Waals surface area contributed by atoms with Gasteiger partial charge in [0.1, 0.15) is 12.4 Å². The number of aromatic nitrogens is 1. The molecule has 7 nitrogen and oxygen atoms in total. The summed E-state index contributed by atoms with van der Waals surface area (Å²) in [5.74, 6) is 5.80. The highest BCUT2D eigenvalue weighted by Gasteiger charge is 2.19. The minimum absolute atomic E-state index is 0. The molecule has 0 aliphatic carbocycles. The van der Waals surface area contributed by atoms with Crippen molar-refractivity contribution in [2.75, 3.05) is 20.8 Å². The predicted octanol–water partition coefficient (Wildman–Crippen LogP) is 3.48. The molecule has 2 rings (SSSR count). The van der Waals surface area contributed by atoms with Crippen molar-refractivity contribution in [1.82, 2.24) is 15.6 Å². The molecule has 0 bridgehead atoms. The Morgan fingerprint density at radius 1 is 1.24 bits per heavy atom. The topological polar surface area (TPSA) is 80.9 Å². The van der Waals surface area contributed by atoms with Crippen molar-refractivity contribution in [2.24, 2.45) is 4.99 Å². The first-order valence-corrected chi connectivity index (χ1v) is 9.00. The van der Waals surface area contributed by atoms with Gasteiger partial charge in [0.2, 0.25) is 5.89 Å². The van der Waals surface area contributed by atoms with Gasteiger partial charge in [-0.05, 0) is 17.7 Å². The zero-order valence-electron chi connectivity index (χ0n) is 17.5. The van der Waals surface area contributed by atoms with Crippen LogP contribution in [0.1, 0.15) is 38.0 Å². The van der Waals surface area contributed by atoms with Crippen LogP contribution >= 0.6 is 24.0 Å². The van der Waals surface area contributed by atoms with E-state index in [1.165, 1.54) is 0 Å². The predicted molar refractivity (Wildman–Crippen MR) is 125 cm³/mol. The summed E-state index contributed by atoms with van der Waals surface area (Å²) in [6, 6.07) is 5.69. The van der Waals surface area contributed by atoms with Gasteiger partial charge in [0, 0.05) is 19.0 Å². The van der Waals surface area contributed by atoms with Gasteiger partial charge < -0.3 is 24.5 Å². The second kappa shape index (κ2) is 11.6. The maximum atomic E-state index is 5.78. The van der Waals surface area contributed by atoms with E-state index in [0.29, 0.717) is 36.4 Å². The van der Waals surface area contributed by atoms with Gasteiger partial charge in [-0.15, -0.1) is 30.4 Å². The summed E-state index contributed by atoms with van der Waals surface area (Å²) in [7, 11) is 3.30. The smallest absolute Gasteiger partial charge is 0.213 e. The molecule has 0 amide bonds. The van der Waals surface area contributed by atoms with Gasteiger partial charge >= 0.3 is 0 Å². The van der Waals surface area contributed by atoms with E-state index in [-0.39, 0.29) is 36.0 Å². The number of halogens is 1. The summed E-state index contributed by atoms with van der Waals surface area (Å²) >= 11 is 0. The van der Waals surface area contributed by atoms with Crippen molar-refractivity contribution in [3.05, 3.63) is 41.6 Å². The minimum Gasteiger partial charge on any atom is -0.493 e. The van der Waals surface area contributed by atoms with Crippen molar-refractivity contribution < 1.29 is 13.9 Å². The molecular weight excluding hydrogens is 483 g/mol. The third-order valence-corrected chi connectivity index (χ3v) is 3.92. The summed E-state index contributed by atoms with van der Waals surface area (Å²) < 4.78 is 16.6. The molecule has 0 fully saturated rings. The van der Waals surface area contributed by atoms with Crippen LogP contribution in [0.25, 0.3) is 0 Å². The minimum atomic E-state index is -0.0707. The molecule has 1 aromatic carbocycles. The van der Waals surface area contributed by atoms with Gasteiger partial charge in [-0.3, -0.25) is 4.99 Å². The van der Waals surface area contributed by atoms with Crippen molar-refractivity contribution in [2.45, 2.75) is 39.3 Å². The molecule has 2 N–H and O–H groups in total. The number of hydrogen-bond donors (Lipinski definition) is 2. The Bertz CT molecular complexity index is 850. The van der Waals surface area contributed by atoms with Gasteiger partial charge in [-0.25, -0.2) is 4.98 Å². The fourth-order valence-corrected chi connectivity index (χ4v) is 2.37. The Labute approximate surface area is 189 Å². The zero-order chi connectivity index (χ0) is 20.6. The van der Waals surface area contributed by atoms with E-state index in [9.17, 15) is 0 Å². The fraction of sp³-hybridized carbons (Fsp3) is 0.429. The van der Waals surface area contributed by atoms with E-state index in [1.54, 1.807) is 20.4 Å². The first-order valence-electron chi connectivity index (χ1n) is 9.00. The molecule has 1 heterocycles. The lowest BCUT2D eigenvalue weighted by Crippen LogP contribution is -2.36. The Hall–Kier alpha value is -2.41. The largest absolute Gasteiger partial charge is 0.493 e.